The van der Waals surface area contributed by atoms with Gasteiger partial charge >= 0.3 is 6.18 Å². The van der Waals surface area contributed by atoms with Gasteiger partial charge in [0, 0.05) is 31.0 Å². The first-order chi connectivity index (χ1) is 14.8. The third kappa shape index (κ3) is 4.14. The molecule has 0 fully saturated rings. The number of aromatic amines is 1. The lowest BCUT2D eigenvalue weighted by Crippen LogP contribution is -2.26. The van der Waals surface area contributed by atoms with Crippen molar-refractivity contribution in [1.29, 1.82) is 0 Å². The molecule has 0 unspecified atom stereocenters. The number of carbonyl (C=O) groups excluding carboxylic acids is 1. The number of nitrogens with zero attached hydrogens (tertiary/aromatic N) is 4. The molecular formula is C21H19F3N6O. The number of alkyl halides is 3. The van der Waals surface area contributed by atoms with Crippen molar-refractivity contribution in [2.24, 2.45) is 7.05 Å². The van der Waals surface area contributed by atoms with Gasteiger partial charge in [0.2, 0.25) is 0 Å². The molecule has 0 aliphatic heterocycles. The smallest absolute Gasteiger partial charge is 0.352 e. The number of aromatic nitrogens is 5. The van der Waals surface area contributed by atoms with Crippen molar-refractivity contribution in [2.75, 3.05) is 6.54 Å². The average molecular weight is 428 g/mol. The summed E-state index contributed by atoms with van der Waals surface area (Å²) in [5.74, 6) is -0.0141. The van der Waals surface area contributed by atoms with E-state index in [0.29, 0.717) is 12.2 Å². The number of benzene rings is 2. The maximum atomic E-state index is 13.6. The van der Waals surface area contributed by atoms with Crippen molar-refractivity contribution in [2.45, 2.75) is 19.5 Å². The van der Waals surface area contributed by atoms with Crippen LogP contribution >= 0.6 is 0 Å². The molecule has 0 saturated heterocycles. The Kier molecular flexibility index (Phi) is 5.22. The van der Waals surface area contributed by atoms with Crippen LogP contribution in [0.15, 0.2) is 42.6 Å². The molecular weight excluding hydrogens is 409 g/mol. The SMILES string of the molecule is CCNC(=O)c1ccc(-c2nc(Cc3ccc4[nH]ncc4c3)n(C)n2)cc1C(F)(F)F. The Morgan fingerprint density at radius 3 is 2.74 bits per heavy atom. The quantitative estimate of drug-likeness (QED) is 0.507. The number of carbonyl (C=O) groups is 1. The van der Waals surface area contributed by atoms with E-state index >= 15 is 0 Å². The van der Waals surface area contributed by atoms with Crippen molar-refractivity contribution in [3.8, 4) is 11.4 Å². The van der Waals surface area contributed by atoms with Crippen molar-refractivity contribution in [3.05, 3.63) is 65.1 Å². The van der Waals surface area contributed by atoms with E-state index in [0.717, 1.165) is 28.6 Å². The highest BCUT2D eigenvalue weighted by molar-refractivity contribution is 5.96. The topological polar surface area (TPSA) is 88.5 Å². The van der Waals surface area contributed by atoms with E-state index in [1.807, 2.05) is 18.2 Å². The molecule has 2 N–H and O–H groups in total. The summed E-state index contributed by atoms with van der Waals surface area (Å²) >= 11 is 0. The third-order valence-corrected chi connectivity index (χ3v) is 4.89. The summed E-state index contributed by atoms with van der Waals surface area (Å²) in [7, 11) is 1.69. The van der Waals surface area contributed by atoms with Crippen LogP contribution in [0.5, 0.6) is 0 Å². The largest absolute Gasteiger partial charge is 0.417 e. The molecule has 4 aromatic rings. The molecule has 2 aromatic heterocycles. The molecule has 0 atom stereocenters. The van der Waals surface area contributed by atoms with Gasteiger partial charge < -0.3 is 5.32 Å². The van der Waals surface area contributed by atoms with Gasteiger partial charge in [-0.2, -0.15) is 23.4 Å². The predicted molar refractivity (Wildman–Crippen MR) is 108 cm³/mol. The first-order valence-corrected chi connectivity index (χ1v) is 9.58. The highest BCUT2D eigenvalue weighted by atomic mass is 19.4. The molecule has 2 aromatic carbocycles. The van der Waals surface area contributed by atoms with Gasteiger partial charge in [-0.1, -0.05) is 12.1 Å². The summed E-state index contributed by atoms with van der Waals surface area (Å²) in [5, 5.41) is 14.5. The van der Waals surface area contributed by atoms with E-state index in [-0.39, 0.29) is 17.9 Å². The van der Waals surface area contributed by atoms with Gasteiger partial charge in [-0.25, -0.2) is 4.98 Å². The lowest BCUT2D eigenvalue weighted by molar-refractivity contribution is -0.137. The third-order valence-electron chi connectivity index (χ3n) is 4.89. The molecule has 2 heterocycles. The maximum Gasteiger partial charge on any atom is 0.417 e. The van der Waals surface area contributed by atoms with Crippen LogP contribution in [-0.4, -0.2) is 37.4 Å². The van der Waals surface area contributed by atoms with Gasteiger partial charge in [0.05, 0.1) is 22.8 Å². The second-order valence-corrected chi connectivity index (χ2v) is 7.06. The van der Waals surface area contributed by atoms with Crippen LogP contribution < -0.4 is 5.32 Å². The van der Waals surface area contributed by atoms with Gasteiger partial charge in [-0.05, 0) is 36.8 Å². The standard InChI is InChI=1S/C21H19F3N6O/c1-3-25-20(31)15-6-5-13(10-16(15)21(22,23)24)19-27-18(30(2)29-19)9-12-4-7-17-14(8-12)11-26-28-17/h4-8,10-11H,3,9H2,1-2H3,(H,25,31)(H,26,28). The van der Waals surface area contributed by atoms with Crippen LogP contribution in [0.25, 0.3) is 22.3 Å². The number of aryl methyl sites for hydroxylation is 1. The zero-order valence-corrected chi connectivity index (χ0v) is 16.8. The minimum atomic E-state index is -4.69. The summed E-state index contributed by atoms with van der Waals surface area (Å²) in [4.78, 5) is 16.5. The molecule has 0 radical (unpaired) electrons. The van der Waals surface area contributed by atoms with E-state index in [4.69, 9.17) is 0 Å². The highest BCUT2D eigenvalue weighted by Gasteiger charge is 2.35. The molecule has 0 aliphatic carbocycles. The number of H-pyrrole nitrogens is 1. The van der Waals surface area contributed by atoms with Crippen LogP contribution in [0.2, 0.25) is 0 Å². The molecule has 10 heteroatoms. The maximum absolute atomic E-state index is 13.6. The number of hydrogen-bond acceptors (Lipinski definition) is 4. The highest BCUT2D eigenvalue weighted by Crippen LogP contribution is 2.34. The number of halogens is 3. The van der Waals surface area contributed by atoms with Crippen LogP contribution in [0.4, 0.5) is 13.2 Å². The summed E-state index contributed by atoms with van der Waals surface area (Å²) in [6.45, 7) is 1.87. The van der Waals surface area contributed by atoms with Crippen LogP contribution in [0, 0.1) is 0 Å². The number of fused-ring (bicyclic) bond motifs is 1. The number of nitrogens with one attached hydrogen (secondary N) is 2. The second-order valence-electron chi connectivity index (χ2n) is 7.06. The van der Waals surface area contributed by atoms with Crippen LogP contribution in [0.3, 0.4) is 0 Å². The summed E-state index contributed by atoms with van der Waals surface area (Å²) < 4.78 is 42.3. The Labute approximate surface area is 175 Å². The minimum Gasteiger partial charge on any atom is -0.352 e. The lowest BCUT2D eigenvalue weighted by atomic mass is 10.0. The fourth-order valence-electron chi connectivity index (χ4n) is 3.35. The number of rotatable bonds is 5. The van der Waals surface area contributed by atoms with Gasteiger partial charge in [0.15, 0.2) is 5.82 Å². The predicted octanol–water partition coefficient (Wildman–Crippen LogP) is 3.72. The summed E-state index contributed by atoms with van der Waals surface area (Å²) in [6.07, 6.45) is -2.52. The Morgan fingerprint density at radius 2 is 2.00 bits per heavy atom. The summed E-state index contributed by atoms with van der Waals surface area (Å²) in [5.41, 5.74) is 0.623. The normalized spacial score (nSPS) is 11.8. The molecule has 0 bridgehead atoms. The lowest BCUT2D eigenvalue weighted by Gasteiger charge is -2.13. The Hall–Kier alpha value is -3.69. The van der Waals surface area contributed by atoms with Gasteiger partial charge in [0.1, 0.15) is 5.82 Å². The Morgan fingerprint density at radius 1 is 1.19 bits per heavy atom. The first-order valence-electron chi connectivity index (χ1n) is 9.58. The van der Waals surface area contributed by atoms with Crippen LogP contribution in [0.1, 0.15) is 34.2 Å². The van der Waals surface area contributed by atoms with E-state index in [2.05, 4.69) is 25.6 Å². The van der Waals surface area contributed by atoms with E-state index in [1.54, 1.807) is 24.9 Å². The van der Waals surface area contributed by atoms with Crippen molar-refractivity contribution >= 4 is 16.8 Å². The van der Waals surface area contributed by atoms with E-state index in [1.165, 1.54) is 6.07 Å². The number of amides is 1. The Balaban J connectivity index is 1.67. The van der Waals surface area contributed by atoms with E-state index < -0.39 is 23.2 Å². The zero-order chi connectivity index (χ0) is 22.2. The molecule has 0 saturated carbocycles. The molecule has 4 rings (SSSR count). The van der Waals surface area contributed by atoms with E-state index in [9.17, 15) is 18.0 Å². The van der Waals surface area contributed by atoms with Gasteiger partial charge in [0.25, 0.3) is 5.91 Å². The molecule has 160 valence electrons. The van der Waals surface area contributed by atoms with Crippen molar-refractivity contribution in [3.63, 3.8) is 0 Å². The minimum absolute atomic E-state index is 0.162. The molecule has 0 aliphatic rings. The zero-order valence-electron chi connectivity index (χ0n) is 16.8. The van der Waals surface area contributed by atoms with Crippen molar-refractivity contribution < 1.29 is 18.0 Å². The summed E-state index contributed by atoms with van der Waals surface area (Å²) in [6, 6.07) is 9.31. The van der Waals surface area contributed by atoms with Crippen LogP contribution in [-0.2, 0) is 19.6 Å². The molecule has 1 amide bonds. The molecule has 7 nitrogen and oxygen atoms in total. The first kappa shape index (κ1) is 20.6. The average Bonchev–Trinajstić information content (AvgIpc) is 3.33. The Bertz CT molecular complexity index is 1260. The van der Waals surface area contributed by atoms with Gasteiger partial charge in [-0.15, -0.1) is 0 Å². The molecule has 31 heavy (non-hydrogen) atoms. The molecule has 0 spiro atoms. The van der Waals surface area contributed by atoms with Gasteiger partial charge in [-0.3, -0.25) is 14.6 Å². The second kappa shape index (κ2) is 7.86. The fourth-order valence-corrected chi connectivity index (χ4v) is 3.35. The number of hydrogen-bond donors (Lipinski definition) is 2. The van der Waals surface area contributed by atoms with Crippen molar-refractivity contribution in [1.82, 2.24) is 30.3 Å². The monoisotopic (exact) mass is 428 g/mol. The fraction of sp³-hybridized carbons (Fsp3) is 0.238.